The second-order valence-electron chi connectivity index (χ2n) is 4.47. The Morgan fingerprint density at radius 2 is 2.25 bits per heavy atom. The van der Waals surface area contributed by atoms with Crippen LogP contribution in [0.4, 0.5) is 0 Å². The summed E-state index contributed by atoms with van der Waals surface area (Å²) < 4.78 is 0. The van der Waals surface area contributed by atoms with Crippen LogP contribution in [0.15, 0.2) is 5.51 Å². The molecule has 0 aliphatic carbocycles. The van der Waals surface area contributed by atoms with Crippen molar-refractivity contribution in [2.24, 2.45) is 0 Å². The predicted molar refractivity (Wildman–Crippen MR) is 68.8 cm³/mol. The number of thiazole rings is 1. The molecule has 1 saturated heterocycles. The number of aromatic nitrogens is 1. The summed E-state index contributed by atoms with van der Waals surface area (Å²) in [5, 5.41) is 3.54. The van der Waals surface area contributed by atoms with Crippen LogP contribution in [0.3, 0.4) is 0 Å². The van der Waals surface area contributed by atoms with Crippen molar-refractivity contribution in [1.29, 1.82) is 0 Å². The second kappa shape index (κ2) is 5.75. The first kappa shape index (κ1) is 12.0. The van der Waals surface area contributed by atoms with Crippen molar-refractivity contribution in [1.82, 2.24) is 15.2 Å². The van der Waals surface area contributed by atoms with Crippen LogP contribution < -0.4 is 5.32 Å². The van der Waals surface area contributed by atoms with Gasteiger partial charge in [-0.1, -0.05) is 6.92 Å². The van der Waals surface area contributed by atoms with Crippen molar-refractivity contribution >= 4 is 11.3 Å². The van der Waals surface area contributed by atoms with Gasteiger partial charge in [0.05, 0.1) is 11.2 Å². The number of rotatable bonds is 4. The molecule has 16 heavy (non-hydrogen) atoms. The maximum Gasteiger partial charge on any atom is 0.0798 e. The normalized spacial score (nSPS) is 19.1. The number of hydrogen-bond donors (Lipinski definition) is 1. The van der Waals surface area contributed by atoms with Gasteiger partial charge in [0, 0.05) is 30.6 Å². The molecule has 1 aliphatic rings. The Morgan fingerprint density at radius 1 is 1.50 bits per heavy atom. The van der Waals surface area contributed by atoms with E-state index in [1.54, 1.807) is 11.3 Å². The Kier molecular flexibility index (Phi) is 4.32. The summed E-state index contributed by atoms with van der Waals surface area (Å²) in [6, 6.07) is 0.740. The monoisotopic (exact) mass is 239 g/mol. The van der Waals surface area contributed by atoms with Crippen LogP contribution in [0, 0.1) is 6.92 Å². The van der Waals surface area contributed by atoms with Crippen LogP contribution in [-0.4, -0.2) is 35.6 Å². The van der Waals surface area contributed by atoms with Crippen LogP contribution in [0.2, 0.25) is 0 Å². The Hall–Kier alpha value is -0.450. The smallest absolute Gasteiger partial charge is 0.0798 e. The number of nitrogens with zero attached hydrogens (tertiary/aromatic N) is 2. The number of aryl methyl sites for hydroxylation is 1. The van der Waals surface area contributed by atoms with E-state index in [1.807, 2.05) is 5.51 Å². The summed E-state index contributed by atoms with van der Waals surface area (Å²) in [7, 11) is 0. The zero-order chi connectivity index (χ0) is 11.4. The van der Waals surface area contributed by atoms with Crippen LogP contribution in [0.5, 0.6) is 0 Å². The molecular formula is C12H21N3S. The SMILES string of the molecule is CCNC1CCN(Cc2scnc2C)CC1. The van der Waals surface area contributed by atoms with Gasteiger partial charge >= 0.3 is 0 Å². The number of piperidine rings is 1. The number of likely N-dealkylation sites (tertiary alicyclic amines) is 1. The van der Waals surface area contributed by atoms with Crippen LogP contribution in [-0.2, 0) is 6.54 Å². The topological polar surface area (TPSA) is 28.2 Å². The number of nitrogens with one attached hydrogen (secondary N) is 1. The molecular weight excluding hydrogens is 218 g/mol. The molecule has 1 N–H and O–H groups in total. The van der Waals surface area contributed by atoms with Crippen LogP contribution in [0.25, 0.3) is 0 Å². The van der Waals surface area contributed by atoms with E-state index in [-0.39, 0.29) is 0 Å². The fourth-order valence-electron chi connectivity index (χ4n) is 2.26. The molecule has 2 heterocycles. The Balaban J connectivity index is 1.79. The molecule has 0 aromatic carbocycles. The molecule has 3 nitrogen and oxygen atoms in total. The fraction of sp³-hybridized carbons (Fsp3) is 0.750. The fourth-order valence-corrected chi connectivity index (χ4v) is 3.08. The minimum Gasteiger partial charge on any atom is -0.314 e. The summed E-state index contributed by atoms with van der Waals surface area (Å²) in [5.74, 6) is 0. The quantitative estimate of drug-likeness (QED) is 0.871. The lowest BCUT2D eigenvalue weighted by atomic mass is 10.1. The minimum atomic E-state index is 0.740. The lowest BCUT2D eigenvalue weighted by Gasteiger charge is -2.32. The highest BCUT2D eigenvalue weighted by Crippen LogP contribution is 2.18. The van der Waals surface area contributed by atoms with Gasteiger partial charge in [0.15, 0.2) is 0 Å². The van der Waals surface area contributed by atoms with Gasteiger partial charge in [-0.25, -0.2) is 4.98 Å². The maximum atomic E-state index is 4.31. The molecule has 0 amide bonds. The highest BCUT2D eigenvalue weighted by atomic mass is 32.1. The lowest BCUT2D eigenvalue weighted by Crippen LogP contribution is -2.41. The highest BCUT2D eigenvalue weighted by molar-refractivity contribution is 7.09. The van der Waals surface area contributed by atoms with Gasteiger partial charge < -0.3 is 5.32 Å². The average molecular weight is 239 g/mol. The van der Waals surface area contributed by atoms with Gasteiger partial charge in [-0.3, -0.25) is 4.90 Å². The van der Waals surface area contributed by atoms with Crippen molar-refractivity contribution in [3.63, 3.8) is 0 Å². The van der Waals surface area contributed by atoms with Gasteiger partial charge in [0.25, 0.3) is 0 Å². The molecule has 0 spiro atoms. The van der Waals surface area contributed by atoms with E-state index in [1.165, 1.54) is 36.5 Å². The summed E-state index contributed by atoms with van der Waals surface area (Å²) >= 11 is 1.79. The molecule has 0 saturated carbocycles. The summed E-state index contributed by atoms with van der Waals surface area (Å²) in [4.78, 5) is 8.29. The van der Waals surface area contributed by atoms with Gasteiger partial charge in [-0.2, -0.15) is 0 Å². The van der Waals surface area contributed by atoms with Gasteiger partial charge in [-0.15, -0.1) is 11.3 Å². The van der Waals surface area contributed by atoms with Crippen molar-refractivity contribution in [2.75, 3.05) is 19.6 Å². The second-order valence-corrected chi connectivity index (χ2v) is 5.41. The van der Waals surface area contributed by atoms with Gasteiger partial charge in [-0.05, 0) is 26.3 Å². The largest absolute Gasteiger partial charge is 0.314 e. The van der Waals surface area contributed by atoms with E-state index in [0.717, 1.165) is 19.1 Å². The van der Waals surface area contributed by atoms with Crippen molar-refractivity contribution < 1.29 is 0 Å². The Labute approximate surface area is 102 Å². The van der Waals surface area contributed by atoms with E-state index in [4.69, 9.17) is 0 Å². The van der Waals surface area contributed by atoms with Gasteiger partial charge in [0.2, 0.25) is 0 Å². The van der Waals surface area contributed by atoms with E-state index >= 15 is 0 Å². The molecule has 0 atom stereocenters. The summed E-state index contributed by atoms with van der Waals surface area (Å²) in [6.07, 6.45) is 2.57. The molecule has 1 aromatic rings. The van der Waals surface area contributed by atoms with Crippen molar-refractivity contribution in [3.05, 3.63) is 16.1 Å². The zero-order valence-electron chi connectivity index (χ0n) is 10.2. The van der Waals surface area contributed by atoms with Crippen molar-refractivity contribution in [2.45, 2.75) is 39.3 Å². The first-order valence-corrected chi connectivity index (χ1v) is 7.02. The lowest BCUT2D eigenvalue weighted by molar-refractivity contribution is 0.193. The first-order chi connectivity index (χ1) is 7.79. The molecule has 0 radical (unpaired) electrons. The molecule has 0 bridgehead atoms. The van der Waals surface area contributed by atoms with Gasteiger partial charge in [0.1, 0.15) is 0 Å². The molecule has 0 unspecified atom stereocenters. The van der Waals surface area contributed by atoms with E-state index in [0.29, 0.717) is 0 Å². The third-order valence-electron chi connectivity index (χ3n) is 3.29. The standard InChI is InChI=1S/C12H21N3S/c1-3-13-11-4-6-15(7-5-11)8-12-10(2)14-9-16-12/h9,11,13H,3-8H2,1-2H3. The molecule has 90 valence electrons. The van der Waals surface area contributed by atoms with E-state index in [9.17, 15) is 0 Å². The predicted octanol–water partition coefficient (Wildman–Crippen LogP) is 2.03. The zero-order valence-corrected chi connectivity index (χ0v) is 11.0. The van der Waals surface area contributed by atoms with Crippen LogP contribution in [0.1, 0.15) is 30.3 Å². The Bertz CT molecular complexity index is 316. The molecule has 1 fully saturated rings. The van der Waals surface area contributed by atoms with Crippen LogP contribution >= 0.6 is 11.3 Å². The summed E-state index contributed by atoms with van der Waals surface area (Å²) in [5.41, 5.74) is 3.16. The highest BCUT2D eigenvalue weighted by Gasteiger charge is 2.19. The van der Waals surface area contributed by atoms with E-state index in [2.05, 4.69) is 29.0 Å². The van der Waals surface area contributed by atoms with Crippen molar-refractivity contribution in [3.8, 4) is 0 Å². The first-order valence-electron chi connectivity index (χ1n) is 6.14. The number of hydrogen-bond acceptors (Lipinski definition) is 4. The Morgan fingerprint density at radius 3 is 2.81 bits per heavy atom. The minimum absolute atomic E-state index is 0.740. The molecule has 1 aliphatic heterocycles. The molecule has 1 aromatic heterocycles. The molecule has 4 heteroatoms. The summed E-state index contributed by atoms with van der Waals surface area (Å²) in [6.45, 7) is 8.92. The third kappa shape index (κ3) is 3.03. The average Bonchev–Trinajstić information content (AvgIpc) is 2.68. The van der Waals surface area contributed by atoms with E-state index < -0.39 is 0 Å². The third-order valence-corrected chi connectivity index (χ3v) is 4.21. The molecule has 2 rings (SSSR count). The maximum absolute atomic E-state index is 4.31.